The van der Waals surface area contributed by atoms with Crippen LogP contribution in [-0.2, 0) is 6.42 Å². The van der Waals surface area contributed by atoms with Gasteiger partial charge in [-0.1, -0.05) is 31.2 Å². The number of benzene rings is 1. The van der Waals surface area contributed by atoms with Gasteiger partial charge in [-0.15, -0.1) is 0 Å². The minimum Gasteiger partial charge on any atom is -0.493 e. The van der Waals surface area contributed by atoms with Crippen LogP contribution in [0.4, 0.5) is 0 Å². The number of hydrogen-bond acceptors (Lipinski definition) is 3. The fourth-order valence-electron chi connectivity index (χ4n) is 2.28. The fraction of sp³-hybridized carbons (Fsp3) is 0.375. The van der Waals surface area contributed by atoms with E-state index in [9.17, 15) is 4.79 Å². The Morgan fingerprint density at radius 1 is 1.35 bits per heavy atom. The summed E-state index contributed by atoms with van der Waals surface area (Å²) < 4.78 is 7.00. The smallest absolute Gasteiger partial charge is 0.215 e. The van der Waals surface area contributed by atoms with Gasteiger partial charge >= 0.3 is 0 Å². The van der Waals surface area contributed by atoms with Crippen molar-refractivity contribution >= 4 is 5.78 Å². The fourth-order valence-corrected chi connectivity index (χ4v) is 2.28. The molecular formula is C16H20N2O2. The third-order valence-electron chi connectivity index (χ3n) is 3.33. The van der Waals surface area contributed by atoms with Gasteiger partial charge in [0.2, 0.25) is 5.78 Å². The summed E-state index contributed by atoms with van der Waals surface area (Å²) >= 11 is 0. The van der Waals surface area contributed by atoms with Crippen molar-refractivity contribution in [1.29, 1.82) is 0 Å². The van der Waals surface area contributed by atoms with Crippen molar-refractivity contribution in [2.45, 2.75) is 33.2 Å². The Kier molecular flexibility index (Phi) is 4.23. The van der Waals surface area contributed by atoms with E-state index < -0.39 is 0 Å². The van der Waals surface area contributed by atoms with Crippen molar-refractivity contribution in [3.05, 3.63) is 47.3 Å². The Hall–Kier alpha value is -2.10. The quantitative estimate of drug-likeness (QED) is 0.785. The monoisotopic (exact) mass is 272 g/mol. The van der Waals surface area contributed by atoms with Gasteiger partial charge in [-0.25, -0.2) is 0 Å². The number of aryl methyl sites for hydroxylation is 1. The van der Waals surface area contributed by atoms with Gasteiger partial charge in [-0.05, 0) is 25.8 Å². The van der Waals surface area contributed by atoms with E-state index in [1.807, 2.05) is 45.0 Å². The summed E-state index contributed by atoms with van der Waals surface area (Å²) in [4.78, 5) is 12.9. The first-order valence-corrected chi connectivity index (χ1v) is 6.84. The first-order chi connectivity index (χ1) is 9.60. The summed E-state index contributed by atoms with van der Waals surface area (Å²) in [5.74, 6) is 0.486. The molecule has 2 aromatic rings. The first kappa shape index (κ1) is 14.3. The number of nitrogens with zero attached hydrogens (tertiary/aromatic N) is 2. The van der Waals surface area contributed by atoms with Gasteiger partial charge in [0.25, 0.3) is 0 Å². The van der Waals surface area contributed by atoms with Crippen molar-refractivity contribution in [3.63, 3.8) is 0 Å². The van der Waals surface area contributed by atoms with Crippen LogP contribution in [0.1, 0.15) is 48.4 Å². The normalized spacial score (nSPS) is 10.8. The molecule has 0 bridgehead atoms. The van der Waals surface area contributed by atoms with Crippen LogP contribution in [0.15, 0.2) is 30.5 Å². The van der Waals surface area contributed by atoms with E-state index >= 15 is 0 Å². The molecule has 0 aliphatic carbocycles. The number of rotatable bonds is 5. The number of hydrogen-bond donors (Lipinski definition) is 0. The highest BCUT2D eigenvalue weighted by molar-refractivity contribution is 6.10. The van der Waals surface area contributed by atoms with Crippen LogP contribution in [0.5, 0.6) is 5.75 Å². The molecule has 0 radical (unpaired) electrons. The SMILES string of the molecule is CCc1ccccc1C(=O)c1c(OC)cnn1C(C)C. The second kappa shape index (κ2) is 5.90. The molecule has 0 aliphatic heterocycles. The van der Waals surface area contributed by atoms with E-state index in [0.717, 1.165) is 17.5 Å². The topological polar surface area (TPSA) is 44.1 Å². The zero-order chi connectivity index (χ0) is 14.7. The van der Waals surface area contributed by atoms with E-state index in [1.54, 1.807) is 18.0 Å². The maximum Gasteiger partial charge on any atom is 0.215 e. The van der Waals surface area contributed by atoms with Crippen LogP contribution in [0, 0.1) is 0 Å². The molecule has 0 aliphatic rings. The Bertz CT molecular complexity index is 615. The lowest BCUT2D eigenvalue weighted by atomic mass is 9.99. The van der Waals surface area contributed by atoms with Crippen LogP contribution >= 0.6 is 0 Å². The van der Waals surface area contributed by atoms with Crippen molar-refractivity contribution in [1.82, 2.24) is 9.78 Å². The number of carbonyl (C=O) groups is 1. The molecule has 1 aromatic heterocycles. The summed E-state index contributed by atoms with van der Waals surface area (Å²) in [6.07, 6.45) is 2.42. The number of aromatic nitrogens is 2. The highest BCUT2D eigenvalue weighted by Gasteiger charge is 2.23. The van der Waals surface area contributed by atoms with Gasteiger partial charge in [-0.3, -0.25) is 9.48 Å². The van der Waals surface area contributed by atoms with E-state index in [1.165, 1.54) is 0 Å². The van der Waals surface area contributed by atoms with Gasteiger partial charge in [0.15, 0.2) is 11.4 Å². The highest BCUT2D eigenvalue weighted by atomic mass is 16.5. The Labute approximate surface area is 119 Å². The van der Waals surface area contributed by atoms with Gasteiger partial charge in [0.05, 0.1) is 13.3 Å². The lowest BCUT2D eigenvalue weighted by Gasteiger charge is -2.13. The molecular weight excluding hydrogens is 252 g/mol. The van der Waals surface area contributed by atoms with Crippen molar-refractivity contribution < 1.29 is 9.53 Å². The second-order valence-electron chi connectivity index (χ2n) is 4.94. The second-order valence-corrected chi connectivity index (χ2v) is 4.94. The Balaban J connectivity index is 2.55. The largest absolute Gasteiger partial charge is 0.493 e. The molecule has 1 heterocycles. The first-order valence-electron chi connectivity index (χ1n) is 6.84. The predicted molar refractivity (Wildman–Crippen MR) is 78.4 cm³/mol. The van der Waals surface area contributed by atoms with Gasteiger partial charge in [-0.2, -0.15) is 5.10 Å². The van der Waals surface area contributed by atoms with Crippen molar-refractivity contribution in [3.8, 4) is 5.75 Å². The van der Waals surface area contributed by atoms with Crippen LogP contribution in [-0.4, -0.2) is 22.7 Å². The van der Waals surface area contributed by atoms with E-state index in [-0.39, 0.29) is 11.8 Å². The van der Waals surface area contributed by atoms with Gasteiger partial charge < -0.3 is 4.74 Å². The molecule has 0 atom stereocenters. The summed E-state index contributed by atoms with van der Waals surface area (Å²) in [5.41, 5.74) is 2.27. The maximum atomic E-state index is 12.9. The summed E-state index contributed by atoms with van der Waals surface area (Å²) in [6, 6.07) is 7.78. The standard InChI is InChI=1S/C16H20N2O2/c1-5-12-8-6-7-9-13(12)16(19)15-14(20-4)10-17-18(15)11(2)3/h6-11H,5H2,1-4H3. The number of ketones is 1. The minimum atomic E-state index is -0.0366. The molecule has 1 aromatic carbocycles. The van der Waals surface area contributed by atoms with Crippen LogP contribution < -0.4 is 4.74 Å². The minimum absolute atomic E-state index is 0.0366. The van der Waals surface area contributed by atoms with Crippen molar-refractivity contribution in [2.24, 2.45) is 0 Å². The van der Waals surface area contributed by atoms with Gasteiger partial charge in [0, 0.05) is 11.6 Å². The molecule has 0 saturated carbocycles. The molecule has 0 amide bonds. The van der Waals surface area contributed by atoms with Crippen molar-refractivity contribution in [2.75, 3.05) is 7.11 Å². The molecule has 0 saturated heterocycles. The summed E-state index contributed by atoms with van der Waals surface area (Å²) in [5, 5.41) is 4.26. The highest BCUT2D eigenvalue weighted by Crippen LogP contribution is 2.25. The summed E-state index contributed by atoms with van der Waals surface area (Å²) in [7, 11) is 1.56. The lowest BCUT2D eigenvalue weighted by molar-refractivity contribution is 0.102. The average Bonchev–Trinajstić information content (AvgIpc) is 2.90. The molecule has 0 N–H and O–H groups in total. The third-order valence-corrected chi connectivity index (χ3v) is 3.33. The lowest BCUT2D eigenvalue weighted by Crippen LogP contribution is -2.15. The van der Waals surface area contributed by atoms with Gasteiger partial charge in [0.1, 0.15) is 0 Å². The van der Waals surface area contributed by atoms with Crippen LogP contribution in [0.3, 0.4) is 0 Å². The Morgan fingerprint density at radius 2 is 2.05 bits per heavy atom. The zero-order valence-electron chi connectivity index (χ0n) is 12.4. The van der Waals surface area contributed by atoms with E-state index in [4.69, 9.17) is 4.74 Å². The zero-order valence-corrected chi connectivity index (χ0v) is 12.4. The number of carbonyl (C=O) groups excluding carboxylic acids is 1. The van der Waals surface area contributed by atoms with Crippen LogP contribution in [0.2, 0.25) is 0 Å². The molecule has 0 unspecified atom stereocenters. The molecule has 0 fully saturated rings. The van der Waals surface area contributed by atoms with E-state index in [2.05, 4.69) is 5.10 Å². The third kappa shape index (κ3) is 2.46. The average molecular weight is 272 g/mol. The molecule has 2 rings (SSSR count). The number of methoxy groups -OCH3 is 1. The van der Waals surface area contributed by atoms with Crippen LogP contribution in [0.25, 0.3) is 0 Å². The molecule has 4 nitrogen and oxygen atoms in total. The summed E-state index contributed by atoms with van der Waals surface area (Å²) in [6.45, 7) is 6.03. The molecule has 106 valence electrons. The predicted octanol–water partition coefficient (Wildman–Crippen LogP) is 3.27. The maximum absolute atomic E-state index is 12.9. The number of ether oxygens (including phenoxy) is 1. The Morgan fingerprint density at radius 3 is 2.65 bits per heavy atom. The molecule has 4 heteroatoms. The molecule has 20 heavy (non-hydrogen) atoms. The van der Waals surface area contributed by atoms with E-state index in [0.29, 0.717) is 11.4 Å². The molecule has 0 spiro atoms.